The molecular weight excluding hydrogens is 252 g/mol. The fourth-order valence-corrected chi connectivity index (χ4v) is 1.66. The van der Waals surface area contributed by atoms with E-state index in [1.807, 2.05) is 12.1 Å². The summed E-state index contributed by atoms with van der Waals surface area (Å²) >= 11 is 0. The SMILES string of the molecule is CC(=O)Nc1ccc(/C=C/C(=O)c2cccnc2)cc1. The van der Waals surface area contributed by atoms with Crippen molar-refractivity contribution in [2.45, 2.75) is 6.92 Å². The van der Waals surface area contributed by atoms with Crippen LogP contribution in [0.25, 0.3) is 6.08 Å². The molecule has 0 spiro atoms. The van der Waals surface area contributed by atoms with Gasteiger partial charge in [-0.3, -0.25) is 14.6 Å². The summed E-state index contributed by atoms with van der Waals surface area (Å²) in [5, 5.41) is 2.68. The molecule has 1 heterocycles. The highest BCUT2D eigenvalue weighted by Gasteiger charge is 2.00. The zero-order valence-electron chi connectivity index (χ0n) is 11.0. The van der Waals surface area contributed by atoms with Crippen LogP contribution in [0, 0.1) is 0 Å². The molecule has 100 valence electrons. The highest BCUT2D eigenvalue weighted by Crippen LogP contribution is 2.11. The number of anilines is 1. The Morgan fingerprint density at radius 3 is 2.50 bits per heavy atom. The molecule has 4 heteroatoms. The number of pyridine rings is 1. The van der Waals surface area contributed by atoms with Gasteiger partial charge in [0.15, 0.2) is 5.78 Å². The second-order valence-electron chi connectivity index (χ2n) is 4.24. The number of ketones is 1. The molecule has 0 aliphatic heterocycles. The third kappa shape index (κ3) is 3.88. The molecule has 0 unspecified atom stereocenters. The highest BCUT2D eigenvalue weighted by molar-refractivity contribution is 6.06. The van der Waals surface area contributed by atoms with Gasteiger partial charge in [0.2, 0.25) is 5.91 Å². The van der Waals surface area contributed by atoms with E-state index in [4.69, 9.17) is 0 Å². The monoisotopic (exact) mass is 266 g/mol. The van der Waals surface area contributed by atoms with Crippen molar-refractivity contribution in [1.29, 1.82) is 0 Å². The maximum Gasteiger partial charge on any atom is 0.221 e. The van der Waals surface area contributed by atoms with Crippen molar-refractivity contribution in [3.63, 3.8) is 0 Å². The van der Waals surface area contributed by atoms with Gasteiger partial charge in [0.05, 0.1) is 0 Å². The van der Waals surface area contributed by atoms with Crippen LogP contribution < -0.4 is 5.32 Å². The van der Waals surface area contributed by atoms with Gasteiger partial charge in [-0.05, 0) is 35.9 Å². The van der Waals surface area contributed by atoms with Crippen LogP contribution in [0.1, 0.15) is 22.8 Å². The summed E-state index contributed by atoms with van der Waals surface area (Å²) in [5.74, 6) is -0.205. The molecule has 2 rings (SSSR count). The zero-order valence-corrected chi connectivity index (χ0v) is 11.0. The second-order valence-corrected chi connectivity index (χ2v) is 4.24. The van der Waals surface area contributed by atoms with E-state index in [0.29, 0.717) is 5.56 Å². The number of aromatic nitrogens is 1. The zero-order chi connectivity index (χ0) is 14.4. The molecule has 2 aromatic rings. The number of nitrogens with zero attached hydrogens (tertiary/aromatic N) is 1. The first-order valence-corrected chi connectivity index (χ1v) is 6.15. The minimum absolute atomic E-state index is 0.0935. The Kier molecular flexibility index (Phi) is 4.39. The number of amides is 1. The Labute approximate surface area is 117 Å². The molecule has 0 atom stereocenters. The van der Waals surface area contributed by atoms with Gasteiger partial charge in [0, 0.05) is 30.6 Å². The van der Waals surface area contributed by atoms with E-state index in [9.17, 15) is 9.59 Å². The lowest BCUT2D eigenvalue weighted by Gasteiger charge is -2.01. The summed E-state index contributed by atoms with van der Waals surface area (Å²) in [6.07, 6.45) is 6.39. The standard InChI is InChI=1S/C16H14N2O2/c1-12(19)18-15-7-4-13(5-8-15)6-9-16(20)14-3-2-10-17-11-14/h2-11H,1H3,(H,18,19)/b9-6+. The van der Waals surface area contributed by atoms with E-state index in [1.54, 1.807) is 36.5 Å². The molecule has 4 nitrogen and oxygen atoms in total. The minimum Gasteiger partial charge on any atom is -0.326 e. The van der Waals surface area contributed by atoms with E-state index in [2.05, 4.69) is 10.3 Å². The molecule has 0 fully saturated rings. The predicted octanol–water partition coefficient (Wildman–Crippen LogP) is 2.94. The van der Waals surface area contributed by atoms with E-state index in [1.165, 1.54) is 19.2 Å². The average molecular weight is 266 g/mol. The molecule has 1 N–H and O–H groups in total. The maximum absolute atomic E-state index is 11.8. The summed E-state index contributed by atoms with van der Waals surface area (Å²) in [7, 11) is 0. The molecular formula is C16H14N2O2. The van der Waals surface area contributed by atoms with Crippen molar-refractivity contribution in [1.82, 2.24) is 4.98 Å². The number of hydrogen-bond donors (Lipinski definition) is 1. The van der Waals surface area contributed by atoms with Crippen molar-refractivity contribution in [2.24, 2.45) is 0 Å². The first-order chi connectivity index (χ1) is 9.65. The lowest BCUT2D eigenvalue weighted by atomic mass is 10.1. The lowest BCUT2D eigenvalue weighted by molar-refractivity contribution is -0.114. The van der Waals surface area contributed by atoms with E-state index >= 15 is 0 Å². The van der Waals surface area contributed by atoms with Gasteiger partial charge in [-0.1, -0.05) is 18.2 Å². The van der Waals surface area contributed by atoms with E-state index < -0.39 is 0 Å². The second kappa shape index (κ2) is 6.43. The van der Waals surface area contributed by atoms with Crippen LogP contribution in [0.15, 0.2) is 54.9 Å². The summed E-state index contributed by atoms with van der Waals surface area (Å²) in [6, 6.07) is 10.7. The van der Waals surface area contributed by atoms with Crippen molar-refractivity contribution < 1.29 is 9.59 Å². The third-order valence-electron chi connectivity index (χ3n) is 2.60. The number of hydrogen-bond acceptors (Lipinski definition) is 3. The van der Waals surface area contributed by atoms with E-state index in [0.717, 1.165) is 11.3 Å². The van der Waals surface area contributed by atoms with Crippen molar-refractivity contribution in [2.75, 3.05) is 5.32 Å². The Balaban J connectivity index is 2.04. The van der Waals surface area contributed by atoms with Gasteiger partial charge >= 0.3 is 0 Å². The molecule has 0 aliphatic rings. The van der Waals surface area contributed by atoms with Crippen LogP contribution in [-0.4, -0.2) is 16.7 Å². The van der Waals surface area contributed by atoms with Gasteiger partial charge < -0.3 is 5.32 Å². The van der Waals surface area contributed by atoms with E-state index in [-0.39, 0.29) is 11.7 Å². The molecule has 0 radical (unpaired) electrons. The summed E-state index contributed by atoms with van der Waals surface area (Å²) in [6.45, 7) is 1.46. The molecule has 0 saturated heterocycles. The number of benzene rings is 1. The van der Waals surface area contributed by atoms with Crippen LogP contribution in [-0.2, 0) is 4.79 Å². The first-order valence-electron chi connectivity index (χ1n) is 6.15. The van der Waals surface area contributed by atoms with Crippen LogP contribution in [0.4, 0.5) is 5.69 Å². The van der Waals surface area contributed by atoms with Crippen LogP contribution >= 0.6 is 0 Å². The minimum atomic E-state index is -0.111. The van der Waals surface area contributed by atoms with Crippen molar-refractivity contribution in [3.8, 4) is 0 Å². The largest absolute Gasteiger partial charge is 0.326 e. The van der Waals surface area contributed by atoms with Crippen LogP contribution in [0.3, 0.4) is 0 Å². The molecule has 1 amide bonds. The molecule has 1 aromatic carbocycles. The first kappa shape index (κ1) is 13.7. The third-order valence-corrected chi connectivity index (χ3v) is 2.60. The summed E-state index contributed by atoms with van der Waals surface area (Å²) in [5.41, 5.74) is 2.17. The number of carbonyl (C=O) groups is 2. The molecule has 0 aliphatic carbocycles. The van der Waals surface area contributed by atoms with Gasteiger partial charge in [-0.25, -0.2) is 0 Å². The Bertz CT molecular complexity index is 631. The van der Waals surface area contributed by atoms with Crippen molar-refractivity contribution >= 4 is 23.5 Å². The average Bonchev–Trinajstić information content (AvgIpc) is 2.46. The fraction of sp³-hybridized carbons (Fsp3) is 0.0625. The molecule has 1 aromatic heterocycles. The Morgan fingerprint density at radius 2 is 1.90 bits per heavy atom. The number of allylic oxidation sites excluding steroid dienone is 1. The smallest absolute Gasteiger partial charge is 0.221 e. The van der Waals surface area contributed by atoms with Crippen LogP contribution in [0.2, 0.25) is 0 Å². The number of nitrogens with one attached hydrogen (secondary N) is 1. The topological polar surface area (TPSA) is 59.1 Å². The number of rotatable bonds is 4. The normalized spacial score (nSPS) is 10.4. The van der Waals surface area contributed by atoms with Crippen molar-refractivity contribution in [3.05, 3.63) is 66.0 Å². The van der Waals surface area contributed by atoms with Gasteiger partial charge in [0.25, 0.3) is 0 Å². The Morgan fingerprint density at radius 1 is 1.15 bits per heavy atom. The van der Waals surface area contributed by atoms with Gasteiger partial charge in [0.1, 0.15) is 0 Å². The quantitative estimate of drug-likeness (QED) is 0.683. The van der Waals surface area contributed by atoms with Gasteiger partial charge in [-0.2, -0.15) is 0 Å². The Hall–Kier alpha value is -2.75. The molecule has 0 saturated carbocycles. The fourth-order valence-electron chi connectivity index (χ4n) is 1.66. The van der Waals surface area contributed by atoms with Crippen LogP contribution in [0.5, 0.6) is 0 Å². The predicted molar refractivity (Wildman–Crippen MR) is 78.3 cm³/mol. The van der Waals surface area contributed by atoms with Gasteiger partial charge in [-0.15, -0.1) is 0 Å². The number of carbonyl (C=O) groups excluding carboxylic acids is 2. The lowest BCUT2D eigenvalue weighted by Crippen LogP contribution is -2.05. The summed E-state index contributed by atoms with van der Waals surface area (Å²) < 4.78 is 0. The highest BCUT2D eigenvalue weighted by atomic mass is 16.1. The maximum atomic E-state index is 11.8. The summed E-state index contributed by atoms with van der Waals surface area (Å²) in [4.78, 5) is 26.6. The molecule has 20 heavy (non-hydrogen) atoms. The molecule has 0 bridgehead atoms.